The summed E-state index contributed by atoms with van der Waals surface area (Å²) < 4.78 is 3.64. The van der Waals surface area contributed by atoms with Crippen LogP contribution in [-0.4, -0.2) is 29.2 Å². The molecule has 0 fully saturated rings. The predicted molar refractivity (Wildman–Crippen MR) is 85.9 cm³/mol. The Kier molecular flexibility index (Phi) is 9.27. The van der Waals surface area contributed by atoms with Gasteiger partial charge in [-0.25, -0.2) is 0 Å². The molecule has 0 rings (SSSR count). The Morgan fingerprint density at radius 1 is 1.24 bits per heavy atom. The molecule has 0 aliphatic rings. The fourth-order valence-electron chi connectivity index (χ4n) is 1.15. The minimum atomic E-state index is -1.51. The number of carbonyl (C=O) groups excluding carboxylic acids is 1. The Bertz CT molecular complexity index is 266. The average molecular weight is 314 g/mol. The SMILES string of the molecule is CCC(=O)OCCP(=S)(SC(C)C)SC(C)C. The van der Waals surface area contributed by atoms with E-state index in [9.17, 15) is 4.79 Å². The smallest absolute Gasteiger partial charge is 0.305 e. The Hall–Kier alpha value is 0.820. The van der Waals surface area contributed by atoms with Crippen molar-refractivity contribution in [2.45, 2.75) is 51.5 Å². The molecule has 0 radical (unpaired) electrons. The molecule has 0 aromatic rings. The first-order valence-electron chi connectivity index (χ1n) is 5.90. The van der Waals surface area contributed by atoms with Gasteiger partial charge in [0.2, 0.25) is 0 Å². The number of esters is 1. The van der Waals surface area contributed by atoms with Gasteiger partial charge in [-0.1, -0.05) is 46.4 Å². The molecular weight excluding hydrogens is 291 g/mol. The summed E-state index contributed by atoms with van der Waals surface area (Å²) in [7, 11) is 0. The Balaban J connectivity index is 4.29. The highest BCUT2D eigenvalue weighted by Crippen LogP contribution is 2.71. The Labute approximate surface area is 119 Å². The van der Waals surface area contributed by atoms with Crippen molar-refractivity contribution in [2.24, 2.45) is 0 Å². The summed E-state index contributed by atoms with van der Waals surface area (Å²) in [6.45, 7) is 11.0. The van der Waals surface area contributed by atoms with Gasteiger partial charge in [-0.2, -0.15) is 0 Å². The molecular formula is C11H23O2PS3. The molecule has 0 amide bonds. The van der Waals surface area contributed by atoms with Gasteiger partial charge < -0.3 is 4.74 Å². The summed E-state index contributed by atoms with van der Waals surface area (Å²) in [5.41, 5.74) is 0. The molecule has 6 heteroatoms. The van der Waals surface area contributed by atoms with Gasteiger partial charge in [0.25, 0.3) is 0 Å². The van der Waals surface area contributed by atoms with E-state index in [1.807, 2.05) is 29.7 Å². The molecule has 2 nitrogen and oxygen atoms in total. The molecule has 0 aliphatic heterocycles. The largest absolute Gasteiger partial charge is 0.465 e. The maximum Gasteiger partial charge on any atom is 0.305 e. The van der Waals surface area contributed by atoms with Crippen molar-refractivity contribution >= 4 is 45.0 Å². The standard InChI is InChI=1S/C11H23O2PS3/c1-6-11(12)13-7-8-14(15,16-9(2)3)17-10(4)5/h9-10H,6-8H2,1-5H3. The quantitative estimate of drug-likeness (QED) is 0.484. The molecule has 0 aromatic carbocycles. The number of carbonyl (C=O) groups is 1. The molecule has 0 saturated carbocycles. The second kappa shape index (κ2) is 8.84. The van der Waals surface area contributed by atoms with Crippen molar-refractivity contribution in [3.63, 3.8) is 0 Å². The fraction of sp³-hybridized carbons (Fsp3) is 0.909. The van der Waals surface area contributed by atoms with Crippen LogP contribution < -0.4 is 0 Å². The van der Waals surface area contributed by atoms with Gasteiger partial charge in [-0.05, 0) is 0 Å². The van der Waals surface area contributed by atoms with E-state index in [4.69, 9.17) is 16.5 Å². The van der Waals surface area contributed by atoms with Crippen molar-refractivity contribution in [2.75, 3.05) is 12.8 Å². The van der Waals surface area contributed by atoms with Crippen LogP contribution in [0.5, 0.6) is 0 Å². The van der Waals surface area contributed by atoms with Crippen LogP contribution in [-0.2, 0) is 21.3 Å². The number of hydrogen-bond acceptors (Lipinski definition) is 5. The van der Waals surface area contributed by atoms with Crippen LogP contribution in [0, 0.1) is 0 Å². The molecule has 0 saturated heterocycles. The summed E-state index contributed by atoms with van der Waals surface area (Å²) in [5, 5.41) is 1.07. The lowest BCUT2D eigenvalue weighted by Crippen LogP contribution is -2.07. The molecule has 0 atom stereocenters. The van der Waals surface area contributed by atoms with Gasteiger partial charge in [0, 0.05) is 23.1 Å². The molecule has 0 aromatic heterocycles. The predicted octanol–water partition coefficient (Wildman–Crippen LogP) is 4.53. The maximum absolute atomic E-state index is 11.1. The third-order valence-electron chi connectivity index (χ3n) is 1.66. The number of hydrogen-bond donors (Lipinski definition) is 0. The summed E-state index contributed by atoms with van der Waals surface area (Å²) in [4.78, 5) is 11.1. The zero-order valence-electron chi connectivity index (χ0n) is 11.3. The molecule has 0 aliphatic carbocycles. The van der Waals surface area contributed by atoms with E-state index in [1.165, 1.54) is 0 Å². The summed E-state index contributed by atoms with van der Waals surface area (Å²) in [6.07, 6.45) is 1.28. The van der Waals surface area contributed by atoms with E-state index < -0.39 is 4.44 Å². The lowest BCUT2D eigenvalue weighted by atomic mass is 10.5. The van der Waals surface area contributed by atoms with Crippen molar-refractivity contribution in [3.05, 3.63) is 0 Å². The van der Waals surface area contributed by atoms with Crippen molar-refractivity contribution in [3.8, 4) is 0 Å². The summed E-state index contributed by atoms with van der Waals surface area (Å²) in [5.74, 6) is -0.129. The monoisotopic (exact) mass is 314 g/mol. The summed E-state index contributed by atoms with van der Waals surface area (Å²) >= 11 is 9.56. The maximum atomic E-state index is 11.1. The minimum absolute atomic E-state index is 0.129. The van der Waals surface area contributed by atoms with Gasteiger partial charge >= 0.3 is 5.97 Å². The highest BCUT2D eigenvalue weighted by molar-refractivity contribution is 9.00. The van der Waals surface area contributed by atoms with Gasteiger partial charge in [0.05, 0.1) is 11.0 Å². The van der Waals surface area contributed by atoms with E-state index in [-0.39, 0.29) is 5.97 Å². The highest BCUT2D eigenvalue weighted by Gasteiger charge is 2.22. The molecule has 0 N–H and O–H groups in total. The highest BCUT2D eigenvalue weighted by atomic mass is 33.2. The van der Waals surface area contributed by atoms with Gasteiger partial charge in [-0.15, -0.1) is 22.8 Å². The Morgan fingerprint density at radius 3 is 2.06 bits per heavy atom. The van der Waals surface area contributed by atoms with Crippen LogP contribution in [0.25, 0.3) is 0 Å². The van der Waals surface area contributed by atoms with E-state index in [0.717, 1.165) is 6.16 Å². The normalized spacial score (nSPS) is 12.2. The van der Waals surface area contributed by atoms with E-state index in [2.05, 4.69) is 27.7 Å². The first-order valence-corrected chi connectivity index (χ1v) is 11.9. The zero-order valence-corrected chi connectivity index (χ0v) is 14.6. The molecule has 102 valence electrons. The first-order chi connectivity index (χ1) is 7.79. The molecule has 0 spiro atoms. The lowest BCUT2D eigenvalue weighted by Gasteiger charge is -2.24. The average Bonchev–Trinajstić information content (AvgIpc) is 2.14. The van der Waals surface area contributed by atoms with E-state index >= 15 is 0 Å². The number of rotatable bonds is 8. The van der Waals surface area contributed by atoms with E-state index in [0.29, 0.717) is 23.5 Å². The van der Waals surface area contributed by atoms with Crippen molar-refractivity contribution < 1.29 is 9.53 Å². The second-order valence-electron chi connectivity index (χ2n) is 4.22. The molecule has 0 bridgehead atoms. The van der Waals surface area contributed by atoms with Crippen LogP contribution in [0.4, 0.5) is 0 Å². The van der Waals surface area contributed by atoms with Crippen LogP contribution >= 0.6 is 27.2 Å². The van der Waals surface area contributed by atoms with Crippen LogP contribution in [0.15, 0.2) is 0 Å². The summed E-state index contributed by atoms with van der Waals surface area (Å²) in [6, 6.07) is 0. The van der Waals surface area contributed by atoms with Crippen LogP contribution in [0.3, 0.4) is 0 Å². The fourth-order valence-corrected chi connectivity index (χ4v) is 15.0. The number of ether oxygens (including phenoxy) is 1. The van der Waals surface area contributed by atoms with Crippen molar-refractivity contribution in [1.82, 2.24) is 0 Å². The minimum Gasteiger partial charge on any atom is -0.465 e. The topological polar surface area (TPSA) is 26.3 Å². The van der Waals surface area contributed by atoms with Gasteiger partial charge in [0.15, 0.2) is 0 Å². The molecule has 0 unspecified atom stereocenters. The van der Waals surface area contributed by atoms with Crippen molar-refractivity contribution in [1.29, 1.82) is 0 Å². The molecule has 17 heavy (non-hydrogen) atoms. The molecule has 0 heterocycles. The second-order valence-corrected chi connectivity index (χ2v) is 17.1. The van der Waals surface area contributed by atoms with Crippen LogP contribution in [0.1, 0.15) is 41.0 Å². The zero-order chi connectivity index (χ0) is 13.5. The lowest BCUT2D eigenvalue weighted by molar-refractivity contribution is -0.142. The third kappa shape index (κ3) is 9.40. The third-order valence-corrected chi connectivity index (χ3v) is 13.1. The Morgan fingerprint density at radius 2 is 1.71 bits per heavy atom. The van der Waals surface area contributed by atoms with E-state index in [1.54, 1.807) is 0 Å². The van der Waals surface area contributed by atoms with Gasteiger partial charge in [-0.3, -0.25) is 4.79 Å². The first kappa shape index (κ1) is 17.8. The van der Waals surface area contributed by atoms with Crippen LogP contribution in [0.2, 0.25) is 0 Å². The van der Waals surface area contributed by atoms with Gasteiger partial charge in [0.1, 0.15) is 0 Å².